The monoisotopic (exact) mass is 577 g/mol. The Hall–Kier alpha value is -6.07. The highest BCUT2D eigenvalue weighted by molar-refractivity contribution is 6.08. The number of fused-ring (bicyclic) bond motifs is 3. The Balaban J connectivity index is 1.26. The lowest BCUT2D eigenvalue weighted by molar-refractivity contribution is 1.15. The summed E-state index contributed by atoms with van der Waals surface area (Å²) in [5, 5.41) is 2.15. The van der Waals surface area contributed by atoms with Crippen LogP contribution in [0.1, 0.15) is 5.69 Å². The van der Waals surface area contributed by atoms with Gasteiger partial charge >= 0.3 is 0 Å². The van der Waals surface area contributed by atoms with Crippen LogP contribution in [-0.4, -0.2) is 24.9 Å². The van der Waals surface area contributed by atoms with Gasteiger partial charge in [-0.3, -0.25) is 9.97 Å². The van der Waals surface area contributed by atoms with Crippen molar-refractivity contribution in [3.63, 3.8) is 0 Å². The number of hydrogen-bond acceptors (Lipinski definition) is 5. The number of aromatic nitrogens is 5. The van der Waals surface area contributed by atoms with Gasteiger partial charge in [-0.1, -0.05) is 103 Å². The van der Waals surface area contributed by atoms with Crippen molar-refractivity contribution in [1.82, 2.24) is 24.9 Å². The predicted molar refractivity (Wildman–Crippen MR) is 182 cm³/mol. The lowest BCUT2D eigenvalue weighted by Gasteiger charge is -2.12. The van der Waals surface area contributed by atoms with Crippen molar-refractivity contribution in [2.75, 3.05) is 0 Å². The van der Waals surface area contributed by atoms with Gasteiger partial charge in [0.2, 0.25) is 0 Å². The molecule has 0 saturated heterocycles. The van der Waals surface area contributed by atoms with Crippen molar-refractivity contribution in [3.05, 3.63) is 151 Å². The van der Waals surface area contributed by atoms with Crippen molar-refractivity contribution >= 4 is 21.8 Å². The molecule has 8 rings (SSSR count). The minimum atomic E-state index is 0.586. The average Bonchev–Trinajstić information content (AvgIpc) is 3.12. The zero-order chi connectivity index (χ0) is 30.2. The van der Waals surface area contributed by atoms with Gasteiger partial charge in [-0.05, 0) is 54.4 Å². The van der Waals surface area contributed by atoms with Crippen LogP contribution in [0, 0.1) is 6.92 Å². The standard InChI is InChI=1S/C40H27N5/c1-26-23-33(27-11-4-2-5-12-27)32-20-18-29-19-21-34(43-38(29)39(32)42-26)30-15-10-16-31(24-30)37-25-36(28-13-6-3-7-14-28)44-40(45-37)35-17-8-9-22-41-35/h2-25H,1H3. The van der Waals surface area contributed by atoms with Gasteiger partial charge in [0, 0.05) is 39.4 Å². The van der Waals surface area contributed by atoms with Crippen LogP contribution >= 0.6 is 0 Å². The second-order valence-corrected chi connectivity index (χ2v) is 11.0. The van der Waals surface area contributed by atoms with Crippen LogP contribution in [-0.2, 0) is 0 Å². The summed E-state index contributed by atoms with van der Waals surface area (Å²) in [6, 6.07) is 47.5. The molecule has 8 aromatic rings. The van der Waals surface area contributed by atoms with Crippen LogP contribution in [0.15, 0.2) is 146 Å². The third-order valence-electron chi connectivity index (χ3n) is 8.00. The molecule has 0 unspecified atom stereocenters. The summed E-state index contributed by atoms with van der Waals surface area (Å²) in [6.45, 7) is 2.04. The average molecular weight is 578 g/mol. The van der Waals surface area contributed by atoms with E-state index in [-0.39, 0.29) is 0 Å². The number of aryl methyl sites for hydroxylation is 1. The normalized spacial score (nSPS) is 11.2. The maximum absolute atomic E-state index is 5.21. The van der Waals surface area contributed by atoms with E-state index in [0.29, 0.717) is 5.82 Å². The first-order chi connectivity index (χ1) is 22.2. The summed E-state index contributed by atoms with van der Waals surface area (Å²) in [4.78, 5) is 24.6. The van der Waals surface area contributed by atoms with Crippen molar-refractivity contribution in [2.45, 2.75) is 6.92 Å². The van der Waals surface area contributed by atoms with Gasteiger partial charge in [-0.2, -0.15) is 0 Å². The molecule has 4 aromatic heterocycles. The first-order valence-corrected chi connectivity index (χ1v) is 14.9. The Kier molecular flexibility index (Phi) is 6.61. The molecule has 0 spiro atoms. The van der Waals surface area contributed by atoms with E-state index >= 15 is 0 Å². The lowest BCUT2D eigenvalue weighted by Crippen LogP contribution is -1.97. The zero-order valence-electron chi connectivity index (χ0n) is 24.6. The molecule has 0 amide bonds. The Morgan fingerprint density at radius 3 is 1.84 bits per heavy atom. The predicted octanol–water partition coefficient (Wildman–Crippen LogP) is 9.61. The first-order valence-electron chi connectivity index (χ1n) is 14.9. The fourth-order valence-corrected chi connectivity index (χ4v) is 5.82. The number of benzene rings is 4. The molecule has 0 aliphatic carbocycles. The Morgan fingerprint density at radius 2 is 1.09 bits per heavy atom. The van der Waals surface area contributed by atoms with Crippen molar-refractivity contribution in [2.24, 2.45) is 0 Å². The summed E-state index contributed by atoms with van der Waals surface area (Å²) in [5.74, 6) is 0.586. The maximum Gasteiger partial charge on any atom is 0.179 e. The highest BCUT2D eigenvalue weighted by Crippen LogP contribution is 2.34. The van der Waals surface area contributed by atoms with Gasteiger partial charge in [-0.25, -0.2) is 15.0 Å². The first kappa shape index (κ1) is 26.5. The van der Waals surface area contributed by atoms with E-state index in [2.05, 4.69) is 96.0 Å². The Morgan fingerprint density at radius 1 is 0.422 bits per heavy atom. The van der Waals surface area contributed by atoms with Gasteiger partial charge in [0.1, 0.15) is 5.69 Å². The van der Waals surface area contributed by atoms with E-state index in [4.69, 9.17) is 19.9 Å². The van der Waals surface area contributed by atoms with Gasteiger partial charge in [0.15, 0.2) is 5.82 Å². The van der Waals surface area contributed by atoms with Crippen molar-refractivity contribution in [3.8, 4) is 56.4 Å². The molecule has 5 nitrogen and oxygen atoms in total. The molecule has 4 aromatic carbocycles. The van der Waals surface area contributed by atoms with Crippen LogP contribution in [0.2, 0.25) is 0 Å². The molecular weight excluding hydrogens is 550 g/mol. The smallest absolute Gasteiger partial charge is 0.179 e. The molecule has 45 heavy (non-hydrogen) atoms. The number of rotatable bonds is 5. The van der Waals surface area contributed by atoms with E-state index in [0.717, 1.165) is 72.5 Å². The van der Waals surface area contributed by atoms with Gasteiger partial charge < -0.3 is 0 Å². The molecule has 0 bridgehead atoms. The second kappa shape index (κ2) is 11.2. The highest BCUT2D eigenvalue weighted by Gasteiger charge is 2.14. The topological polar surface area (TPSA) is 64.5 Å². The SMILES string of the molecule is Cc1cc(-c2ccccc2)c2ccc3ccc(-c4cccc(-c5cc(-c6ccccc6)nc(-c6ccccn6)n5)c4)nc3c2n1. The summed E-state index contributed by atoms with van der Waals surface area (Å²) < 4.78 is 0. The molecule has 0 atom stereocenters. The van der Waals surface area contributed by atoms with Crippen molar-refractivity contribution in [1.29, 1.82) is 0 Å². The molecule has 0 fully saturated rings. The third-order valence-corrected chi connectivity index (χ3v) is 8.00. The molecule has 0 saturated carbocycles. The quantitative estimate of drug-likeness (QED) is 0.191. The van der Waals surface area contributed by atoms with Crippen LogP contribution in [0.5, 0.6) is 0 Å². The largest absolute Gasteiger partial charge is 0.253 e. The van der Waals surface area contributed by atoms with Gasteiger partial charge in [-0.15, -0.1) is 0 Å². The van der Waals surface area contributed by atoms with E-state index in [1.165, 1.54) is 5.56 Å². The number of hydrogen-bond donors (Lipinski definition) is 0. The van der Waals surface area contributed by atoms with Crippen LogP contribution in [0.3, 0.4) is 0 Å². The Labute approximate surface area is 261 Å². The molecule has 0 N–H and O–H groups in total. The fraction of sp³-hybridized carbons (Fsp3) is 0.0250. The van der Waals surface area contributed by atoms with E-state index in [9.17, 15) is 0 Å². The van der Waals surface area contributed by atoms with Gasteiger partial charge in [0.05, 0.1) is 28.1 Å². The van der Waals surface area contributed by atoms with Crippen LogP contribution < -0.4 is 0 Å². The van der Waals surface area contributed by atoms with E-state index in [1.807, 2.05) is 55.5 Å². The molecule has 0 aliphatic heterocycles. The van der Waals surface area contributed by atoms with Gasteiger partial charge in [0.25, 0.3) is 0 Å². The molecule has 5 heteroatoms. The van der Waals surface area contributed by atoms with E-state index < -0.39 is 0 Å². The maximum atomic E-state index is 5.21. The molecule has 0 aliphatic rings. The summed E-state index contributed by atoms with van der Waals surface area (Å²) in [7, 11) is 0. The minimum Gasteiger partial charge on any atom is -0.253 e. The number of nitrogens with zero attached hydrogens (tertiary/aromatic N) is 5. The molecular formula is C40H27N5. The summed E-state index contributed by atoms with van der Waals surface area (Å²) in [6.07, 6.45) is 1.77. The zero-order valence-corrected chi connectivity index (χ0v) is 24.6. The minimum absolute atomic E-state index is 0.586. The fourth-order valence-electron chi connectivity index (χ4n) is 5.82. The van der Waals surface area contributed by atoms with Crippen LogP contribution in [0.25, 0.3) is 78.2 Å². The highest BCUT2D eigenvalue weighted by atomic mass is 14.9. The van der Waals surface area contributed by atoms with E-state index in [1.54, 1.807) is 6.20 Å². The summed E-state index contributed by atoms with van der Waals surface area (Å²) >= 11 is 0. The number of pyridine rings is 3. The summed E-state index contributed by atoms with van der Waals surface area (Å²) in [5.41, 5.74) is 11.4. The molecule has 0 radical (unpaired) electrons. The van der Waals surface area contributed by atoms with Crippen molar-refractivity contribution < 1.29 is 0 Å². The lowest BCUT2D eigenvalue weighted by atomic mass is 9.98. The molecule has 212 valence electrons. The Bertz CT molecular complexity index is 2260. The molecule has 4 heterocycles. The van der Waals surface area contributed by atoms with Crippen LogP contribution in [0.4, 0.5) is 0 Å². The third kappa shape index (κ3) is 5.11. The second-order valence-electron chi connectivity index (χ2n) is 11.0.